The van der Waals surface area contributed by atoms with Gasteiger partial charge in [-0.25, -0.2) is 0 Å². The second-order valence-corrected chi connectivity index (χ2v) is 7.61. The summed E-state index contributed by atoms with van der Waals surface area (Å²) in [7, 11) is 2.03. The molecule has 2 aromatic carbocycles. The third-order valence-corrected chi connectivity index (χ3v) is 5.01. The van der Waals surface area contributed by atoms with E-state index in [1.807, 2.05) is 37.4 Å². The highest BCUT2D eigenvalue weighted by Crippen LogP contribution is 2.24. The van der Waals surface area contributed by atoms with E-state index in [1.54, 1.807) is 12.1 Å². The smallest absolute Gasteiger partial charge is 0.277 e. The van der Waals surface area contributed by atoms with Crippen LogP contribution in [0.15, 0.2) is 64.2 Å². The van der Waals surface area contributed by atoms with Gasteiger partial charge in [0.15, 0.2) is 0 Å². The molecular formula is C20H21ClN4O2S. The van der Waals surface area contributed by atoms with Crippen LogP contribution in [0.1, 0.15) is 5.56 Å². The number of thioether (sulfide) groups is 1. The van der Waals surface area contributed by atoms with Crippen molar-refractivity contribution in [2.75, 3.05) is 25.9 Å². The van der Waals surface area contributed by atoms with Gasteiger partial charge in [0.2, 0.25) is 11.8 Å². The van der Waals surface area contributed by atoms with Crippen LogP contribution in [0.4, 0.5) is 0 Å². The molecule has 0 unspecified atom stereocenters. The third-order valence-electron chi connectivity index (χ3n) is 3.94. The zero-order valence-electron chi connectivity index (χ0n) is 15.5. The van der Waals surface area contributed by atoms with Crippen molar-refractivity contribution < 1.29 is 9.21 Å². The van der Waals surface area contributed by atoms with Crippen LogP contribution < -0.4 is 5.32 Å². The summed E-state index contributed by atoms with van der Waals surface area (Å²) in [5, 5.41) is 11.9. The van der Waals surface area contributed by atoms with Crippen molar-refractivity contribution in [2.45, 2.75) is 11.8 Å². The Morgan fingerprint density at radius 1 is 1.14 bits per heavy atom. The molecule has 8 heteroatoms. The molecule has 0 aliphatic heterocycles. The van der Waals surface area contributed by atoms with Crippen LogP contribution in [0.3, 0.4) is 0 Å². The molecule has 0 aliphatic rings. The minimum Gasteiger partial charge on any atom is -0.411 e. The molecule has 0 saturated carbocycles. The first-order valence-electron chi connectivity index (χ1n) is 8.81. The monoisotopic (exact) mass is 416 g/mol. The van der Waals surface area contributed by atoms with Gasteiger partial charge in [0, 0.05) is 30.2 Å². The van der Waals surface area contributed by atoms with E-state index in [2.05, 4.69) is 32.5 Å². The maximum Gasteiger partial charge on any atom is 0.277 e. The van der Waals surface area contributed by atoms with Gasteiger partial charge in [-0.05, 0) is 36.9 Å². The van der Waals surface area contributed by atoms with E-state index < -0.39 is 0 Å². The van der Waals surface area contributed by atoms with E-state index in [-0.39, 0.29) is 11.7 Å². The summed E-state index contributed by atoms with van der Waals surface area (Å²) in [6.45, 7) is 2.20. The number of nitrogens with one attached hydrogen (secondary N) is 1. The predicted octanol–water partition coefficient (Wildman–Crippen LogP) is 3.73. The molecule has 0 aliphatic carbocycles. The molecular weight excluding hydrogens is 396 g/mol. The largest absolute Gasteiger partial charge is 0.411 e. The molecule has 3 aromatic rings. The van der Waals surface area contributed by atoms with Crippen LogP contribution in [0.25, 0.3) is 11.5 Å². The van der Waals surface area contributed by atoms with Crippen LogP contribution in [-0.4, -0.2) is 46.9 Å². The number of nitrogens with zero attached hydrogens (tertiary/aromatic N) is 3. The Hall–Kier alpha value is -2.35. The lowest BCUT2D eigenvalue weighted by atomic mass is 10.2. The minimum absolute atomic E-state index is 0.0654. The summed E-state index contributed by atoms with van der Waals surface area (Å²) in [5.74, 6) is 0.566. The Labute approximate surface area is 173 Å². The first-order valence-corrected chi connectivity index (χ1v) is 10.2. The van der Waals surface area contributed by atoms with E-state index in [0.717, 1.165) is 18.7 Å². The summed E-state index contributed by atoms with van der Waals surface area (Å²) in [5.41, 5.74) is 2.04. The van der Waals surface area contributed by atoms with Crippen molar-refractivity contribution in [3.05, 3.63) is 65.2 Å². The predicted molar refractivity (Wildman–Crippen MR) is 111 cm³/mol. The van der Waals surface area contributed by atoms with Gasteiger partial charge < -0.3 is 14.6 Å². The van der Waals surface area contributed by atoms with E-state index >= 15 is 0 Å². The number of hydrogen-bond donors (Lipinski definition) is 1. The number of carbonyl (C=O) groups excluding carboxylic acids is 1. The van der Waals surface area contributed by atoms with Crippen molar-refractivity contribution in [2.24, 2.45) is 0 Å². The normalized spacial score (nSPS) is 11.0. The lowest BCUT2D eigenvalue weighted by Gasteiger charge is -2.16. The number of benzene rings is 2. The molecule has 0 bridgehead atoms. The first-order chi connectivity index (χ1) is 13.6. The fraction of sp³-hybridized carbons (Fsp3) is 0.250. The second-order valence-electron chi connectivity index (χ2n) is 6.24. The topological polar surface area (TPSA) is 71.3 Å². The molecule has 1 aromatic heterocycles. The molecule has 0 atom stereocenters. The molecule has 146 valence electrons. The number of aromatic nitrogens is 2. The van der Waals surface area contributed by atoms with E-state index in [4.69, 9.17) is 16.0 Å². The number of carbonyl (C=O) groups is 1. The van der Waals surface area contributed by atoms with Gasteiger partial charge in [-0.15, -0.1) is 10.2 Å². The molecule has 1 heterocycles. The second kappa shape index (κ2) is 10.3. The maximum absolute atomic E-state index is 12.0. The van der Waals surface area contributed by atoms with Crippen molar-refractivity contribution in [1.29, 1.82) is 0 Å². The van der Waals surface area contributed by atoms with E-state index in [1.165, 1.54) is 17.3 Å². The fourth-order valence-electron chi connectivity index (χ4n) is 2.52. The Morgan fingerprint density at radius 2 is 1.89 bits per heavy atom. The number of likely N-dealkylation sites (N-methyl/N-ethyl adjacent to an activating group) is 1. The highest BCUT2D eigenvalue weighted by Gasteiger charge is 2.11. The molecule has 0 radical (unpaired) electrons. The number of hydrogen-bond acceptors (Lipinski definition) is 6. The minimum atomic E-state index is -0.0654. The summed E-state index contributed by atoms with van der Waals surface area (Å²) in [4.78, 5) is 14.2. The molecule has 0 saturated heterocycles. The van der Waals surface area contributed by atoms with Crippen LogP contribution in [0.2, 0.25) is 5.02 Å². The van der Waals surface area contributed by atoms with Crippen molar-refractivity contribution >= 4 is 29.3 Å². The summed E-state index contributed by atoms with van der Waals surface area (Å²) < 4.78 is 5.58. The van der Waals surface area contributed by atoms with Gasteiger partial charge in [0.1, 0.15) is 0 Å². The van der Waals surface area contributed by atoms with Gasteiger partial charge >= 0.3 is 0 Å². The van der Waals surface area contributed by atoms with Crippen LogP contribution in [0, 0.1) is 0 Å². The quantitative estimate of drug-likeness (QED) is 0.536. The number of amides is 1. The average Bonchev–Trinajstić information content (AvgIpc) is 3.17. The van der Waals surface area contributed by atoms with Gasteiger partial charge in [0.05, 0.1) is 5.75 Å². The maximum atomic E-state index is 12.0. The van der Waals surface area contributed by atoms with Gasteiger partial charge in [-0.1, -0.05) is 53.7 Å². The lowest BCUT2D eigenvalue weighted by Crippen LogP contribution is -2.33. The third kappa shape index (κ3) is 6.37. The Bertz CT molecular complexity index is 887. The molecule has 6 nitrogen and oxygen atoms in total. The zero-order chi connectivity index (χ0) is 19.8. The average molecular weight is 417 g/mol. The molecule has 0 fully saturated rings. The highest BCUT2D eigenvalue weighted by atomic mass is 35.5. The van der Waals surface area contributed by atoms with Gasteiger partial charge in [-0.2, -0.15) is 0 Å². The van der Waals surface area contributed by atoms with Crippen LogP contribution in [-0.2, 0) is 11.3 Å². The molecule has 28 heavy (non-hydrogen) atoms. The van der Waals surface area contributed by atoms with Crippen LogP contribution in [0.5, 0.6) is 0 Å². The van der Waals surface area contributed by atoms with Crippen molar-refractivity contribution in [1.82, 2.24) is 20.4 Å². The SMILES string of the molecule is CN(CCNC(=O)CSc1nnc(-c2ccc(Cl)cc2)o1)Cc1ccccc1. The summed E-state index contributed by atoms with van der Waals surface area (Å²) >= 11 is 7.09. The Balaban J connectivity index is 1.37. The summed E-state index contributed by atoms with van der Waals surface area (Å²) in [6.07, 6.45) is 0. The van der Waals surface area contributed by atoms with Gasteiger partial charge in [-0.3, -0.25) is 4.79 Å². The van der Waals surface area contributed by atoms with Crippen molar-refractivity contribution in [3.8, 4) is 11.5 Å². The molecule has 3 rings (SSSR count). The van der Waals surface area contributed by atoms with Crippen molar-refractivity contribution in [3.63, 3.8) is 0 Å². The standard InChI is InChI=1S/C20H21ClN4O2S/c1-25(13-15-5-3-2-4-6-15)12-11-22-18(26)14-28-20-24-23-19(27-20)16-7-9-17(21)10-8-16/h2-10H,11-14H2,1H3,(H,22,26). The lowest BCUT2D eigenvalue weighted by molar-refractivity contribution is -0.118. The molecule has 1 N–H and O–H groups in total. The number of rotatable bonds is 9. The molecule has 1 amide bonds. The van der Waals surface area contributed by atoms with Crippen LogP contribution >= 0.6 is 23.4 Å². The Morgan fingerprint density at radius 3 is 2.64 bits per heavy atom. The highest BCUT2D eigenvalue weighted by molar-refractivity contribution is 7.99. The Kier molecular flexibility index (Phi) is 7.47. The number of halogens is 1. The van der Waals surface area contributed by atoms with E-state index in [0.29, 0.717) is 22.7 Å². The zero-order valence-corrected chi connectivity index (χ0v) is 17.0. The first kappa shape index (κ1) is 20.4. The van der Waals surface area contributed by atoms with E-state index in [9.17, 15) is 4.79 Å². The summed E-state index contributed by atoms with van der Waals surface area (Å²) in [6, 6.07) is 17.4. The molecule has 0 spiro atoms. The van der Waals surface area contributed by atoms with Gasteiger partial charge in [0.25, 0.3) is 5.22 Å². The fourth-order valence-corrected chi connectivity index (χ4v) is 3.23.